The molecular formula is C23H25N3OS. The Balaban J connectivity index is 1.77. The van der Waals surface area contributed by atoms with E-state index in [9.17, 15) is 4.79 Å². The van der Waals surface area contributed by atoms with Crippen LogP contribution in [0.25, 0.3) is 17.0 Å². The van der Waals surface area contributed by atoms with Crippen molar-refractivity contribution in [1.82, 2.24) is 9.88 Å². The van der Waals surface area contributed by atoms with Crippen LogP contribution in [0.4, 0.5) is 0 Å². The molecule has 0 saturated carbocycles. The molecule has 0 saturated heterocycles. The normalized spacial score (nSPS) is 12.5. The zero-order valence-corrected chi connectivity index (χ0v) is 17.1. The molecule has 0 radical (unpaired) electrons. The molecule has 0 fully saturated rings. The van der Waals surface area contributed by atoms with Crippen LogP contribution in [0, 0.1) is 17.2 Å². The Hall–Kier alpha value is -2.84. The second-order valence-electron chi connectivity index (χ2n) is 7.24. The molecular weight excluding hydrogens is 366 g/mol. The van der Waals surface area contributed by atoms with Crippen LogP contribution in [0.5, 0.6) is 0 Å². The van der Waals surface area contributed by atoms with Gasteiger partial charge in [-0.25, -0.2) is 0 Å². The number of benzene rings is 1. The van der Waals surface area contributed by atoms with E-state index in [1.165, 1.54) is 4.88 Å². The number of carbonyl (C=O) groups excluding carboxylic acids is 1. The van der Waals surface area contributed by atoms with Gasteiger partial charge in [-0.1, -0.05) is 38.1 Å². The first-order valence-electron chi connectivity index (χ1n) is 9.55. The van der Waals surface area contributed by atoms with Crippen molar-refractivity contribution in [1.29, 1.82) is 5.26 Å². The Morgan fingerprint density at radius 2 is 2.11 bits per heavy atom. The highest BCUT2D eigenvalue weighted by atomic mass is 32.1. The highest BCUT2D eigenvalue weighted by molar-refractivity contribution is 7.10. The summed E-state index contributed by atoms with van der Waals surface area (Å²) < 4.78 is 2.07. The van der Waals surface area contributed by atoms with Crippen LogP contribution >= 0.6 is 11.3 Å². The lowest BCUT2D eigenvalue weighted by molar-refractivity contribution is -0.117. The van der Waals surface area contributed by atoms with E-state index in [2.05, 4.69) is 35.9 Å². The Morgan fingerprint density at radius 3 is 2.82 bits per heavy atom. The lowest BCUT2D eigenvalue weighted by atomic mass is 10.0. The quantitative estimate of drug-likeness (QED) is 0.513. The third-order valence-corrected chi connectivity index (χ3v) is 5.59. The predicted molar refractivity (Wildman–Crippen MR) is 116 cm³/mol. The second-order valence-corrected chi connectivity index (χ2v) is 8.22. The maximum Gasteiger partial charge on any atom is 0.244 e. The van der Waals surface area contributed by atoms with Crippen molar-refractivity contribution in [3.63, 3.8) is 0 Å². The summed E-state index contributed by atoms with van der Waals surface area (Å²) in [5, 5.41) is 15.1. The van der Waals surface area contributed by atoms with Crippen LogP contribution in [0.15, 0.2) is 54.1 Å². The summed E-state index contributed by atoms with van der Waals surface area (Å²) in [4.78, 5) is 13.8. The van der Waals surface area contributed by atoms with Gasteiger partial charge in [0.05, 0.1) is 18.5 Å². The molecule has 2 heterocycles. The summed E-state index contributed by atoms with van der Waals surface area (Å²) in [6, 6.07) is 14.4. The molecule has 144 valence electrons. The number of para-hydroxylation sites is 1. The Labute approximate surface area is 170 Å². The molecule has 0 aliphatic heterocycles. The molecule has 0 bridgehead atoms. The average Bonchev–Trinajstić information content (AvgIpc) is 3.32. The molecule has 0 aliphatic rings. The first-order valence-corrected chi connectivity index (χ1v) is 10.4. The molecule has 1 unspecified atom stereocenters. The summed E-state index contributed by atoms with van der Waals surface area (Å²) >= 11 is 1.67. The summed E-state index contributed by atoms with van der Waals surface area (Å²) in [7, 11) is 0. The minimum atomic E-state index is -0.0899. The smallest absolute Gasteiger partial charge is 0.244 e. The number of hydrogen-bond acceptors (Lipinski definition) is 3. The van der Waals surface area contributed by atoms with E-state index in [0.717, 1.165) is 22.9 Å². The molecule has 1 amide bonds. The van der Waals surface area contributed by atoms with Crippen LogP contribution in [0.3, 0.4) is 0 Å². The lowest BCUT2D eigenvalue weighted by Crippen LogP contribution is -2.27. The minimum absolute atomic E-state index is 0.0362. The standard InChI is InChI=1S/C23H25N3OS/c1-17(2)15-20(22-9-5-14-28-22)25-23(27)11-10-18-16-26(13-6-12-24)21-8-4-3-7-19(18)21/h3-5,7-11,14,16-17,20H,6,13,15H2,1-2H3,(H,25,27)/b11-10+. The topological polar surface area (TPSA) is 57.8 Å². The first kappa shape index (κ1) is 19.9. The molecule has 1 N–H and O–H groups in total. The molecule has 0 spiro atoms. The number of thiophene rings is 1. The third kappa shape index (κ3) is 4.90. The van der Waals surface area contributed by atoms with Gasteiger partial charge in [0.25, 0.3) is 0 Å². The molecule has 0 aliphatic carbocycles. The van der Waals surface area contributed by atoms with Crippen molar-refractivity contribution in [2.75, 3.05) is 0 Å². The van der Waals surface area contributed by atoms with E-state index in [4.69, 9.17) is 5.26 Å². The first-order chi connectivity index (χ1) is 13.6. The van der Waals surface area contributed by atoms with Crippen molar-refractivity contribution in [2.24, 2.45) is 5.92 Å². The van der Waals surface area contributed by atoms with Gasteiger partial charge >= 0.3 is 0 Å². The van der Waals surface area contributed by atoms with Gasteiger partial charge in [-0.3, -0.25) is 4.79 Å². The van der Waals surface area contributed by atoms with Crippen LogP contribution < -0.4 is 5.32 Å². The summed E-state index contributed by atoms with van der Waals surface area (Å²) in [5.41, 5.74) is 2.06. The van der Waals surface area contributed by atoms with Crippen molar-refractivity contribution in [2.45, 2.75) is 39.3 Å². The molecule has 3 rings (SSSR count). The number of aromatic nitrogens is 1. The van der Waals surface area contributed by atoms with Gasteiger partial charge in [0.1, 0.15) is 0 Å². The van der Waals surface area contributed by atoms with Gasteiger partial charge in [-0.2, -0.15) is 5.26 Å². The predicted octanol–water partition coefficient (Wildman–Crippen LogP) is 5.53. The van der Waals surface area contributed by atoms with Crippen molar-refractivity contribution in [3.05, 3.63) is 64.5 Å². The zero-order valence-electron chi connectivity index (χ0n) is 16.3. The molecule has 3 aromatic rings. The number of carbonyl (C=O) groups is 1. The van der Waals surface area contributed by atoms with Crippen molar-refractivity contribution in [3.8, 4) is 6.07 Å². The molecule has 28 heavy (non-hydrogen) atoms. The summed E-state index contributed by atoms with van der Waals surface area (Å²) in [6.07, 6.45) is 6.85. The molecule has 5 heteroatoms. The maximum atomic E-state index is 12.6. The van der Waals surface area contributed by atoms with Gasteiger partial charge < -0.3 is 9.88 Å². The number of rotatable bonds is 8. The number of nitrogens with zero attached hydrogens (tertiary/aromatic N) is 2. The highest BCUT2D eigenvalue weighted by Crippen LogP contribution is 2.26. The van der Waals surface area contributed by atoms with Gasteiger partial charge in [-0.15, -0.1) is 11.3 Å². The van der Waals surface area contributed by atoms with Crippen LogP contribution in [0.1, 0.15) is 43.2 Å². The zero-order chi connectivity index (χ0) is 19.9. The molecule has 2 aromatic heterocycles. The fraction of sp³-hybridized carbons (Fsp3) is 0.304. The molecule has 1 aromatic carbocycles. The number of nitrogens with one attached hydrogen (secondary N) is 1. The van der Waals surface area contributed by atoms with Crippen LogP contribution in [-0.4, -0.2) is 10.5 Å². The van der Waals surface area contributed by atoms with Crippen molar-refractivity contribution >= 4 is 34.2 Å². The van der Waals surface area contributed by atoms with Gasteiger partial charge in [-0.05, 0) is 35.9 Å². The van der Waals surface area contributed by atoms with E-state index < -0.39 is 0 Å². The number of aryl methyl sites for hydroxylation is 1. The highest BCUT2D eigenvalue weighted by Gasteiger charge is 2.16. The lowest BCUT2D eigenvalue weighted by Gasteiger charge is -2.18. The van der Waals surface area contributed by atoms with Gasteiger partial charge in [0.15, 0.2) is 0 Å². The Bertz CT molecular complexity index is 993. The SMILES string of the molecule is CC(C)CC(NC(=O)/C=C/c1cn(CCC#N)c2ccccc12)c1cccs1. The van der Waals surface area contributed by atoms with Crippen LogP contribution in [-0.2, 0) is 11.3 Å². The van der Waals surface area contributed by atoms with E-state index in [1.807, 2.05) is 48.0 Å². The average molecular weight is 392 g/mol. The summed E-state index contributed by atoms with van der Waals surface area (Å²) in [5.74, 6) is 0.405. The number of amides is 1. The second kappa shape index (κ2) is 9.38. The maximum absolute atomic E-state index is 12.6. The van der Waals surface area contributed by atoms with E-state index >= 15 is 0 Å². The van der Waals surface area contributed by atoms with Gasteiger partial charge in [0, 0.05) is 40.2 Å². The van der Waals surface area contributed by atoms with E-state index in [0.29, 0.717) is 18.9 Å². The third-order valence-electron chi connectivity index (χ3n) is 4.61. The largest absolute Gasteiger partial charge is 0.346 e. The molecule has 1 atom stereocenters. The number of hydrogen-bond donors (Lipinski definition) is 1. The van der Waals surface area contributed by atoms with Crippen LogP contribution in [0.2, 0.25) is 0 Å². The Morgan fingerprint density at radius 1 is 1.29 bits per heavy atom. The monoisotopic (exact) mass is 391 g/mol. The van der Waals surface area contributed by atoms with E-state index in [-0.39, 0.29) is 11.9 Å². The number of nitriles is 1. The number of fused-ring (bicyclic) bond motifs is 1. The van der Waals surface area contributed by atoms with Crippen molar-refractivity contribution < 1.29 is 4.79 Å². The van der Waals surface area contributed by atoms with Gasteiger partial charge in [0.2, 0.25) is 5.91 Å². The van der Waals surface area contributed by atoms with E-state index in [1.54, 1.807) is 17.4 Å². The Kier molecular flexibility index (Phi) is 6.67. The fourth-order valence-electron chi connectivity index (χ4n) is 3.36. The minimum Gasteiger partial charge on any atom is -0.346 e. The summed E-state index contributed by atoms with van der Waals surface area (Å²) in [6.45, 7) is 4.98. The fourth-order valence-corrected chi connectivity index (χ4v) is 4.15. The molecule has 4 nitrogen and oxygen atoms in total.